The fourth-order valence-electron chi connectivity index (χ4n) is 8.94. The zero-order valence-corrected chi connectivity index (χ0v) is 29.5. The predicted molar refractivity (Wildman–Crippen MR) is 190 cm³/mol. The fourth-order valence-corrected chi connectivity index (χ4v) is 10.4. The molecule has 9 heteroatoms. The molecule has 2 heterocycles. The smallest absolute Gasteiger partial charge is 0.264 e. The number of ether oxygens (including phenoxy) is 1. The van der Waals surface area contributed by atoms with Crippen LogP contribution in [-0.2, 0) is 28.3 Å². The maximum Gasteiger partial charge on any atom is 0.264 e. The number of carbonyl (C=O) groups excluding carboxylic acids is 1. The first-order valence-electron chi connectivity index (χ1n) is 17.6. The Kier molecular flexibility index (Phi) is 9.05. The number of hydrogen-bond donors (Lipinski definition) is 2. The number of fused-ring (bicyclic) bond motifs is 4. The summed E-state index contributed by atoms with van der Waals surface area (Å²) in [5.41, 5.74) is 3.51. The van der Waals surface area contributed by atoms with Gasteiger partial charge in [0.25, 0.3) is 5.91 Å². The van der Waals surface area contributed by atoms with Crippen LogP contribution in [0, 0.1) is 17.8 Å². The third-order valence-electron chi connectivity index (χ3n) is 12.0. The van der Waals surface area contributed by atoms with Crippen LogP contribution >= 0.6 is 11.6 Å². The van der Waals surface area contributed by atoms with E-state index in [9.17, 15) is 18.3 Å². The van der Waals surface area contributed by atoms with Crippen LogP contribution in [0.1, 0.15) is 85.8 Å². The second-order valence-corrected chi connectivity index (χ2v) is 17.5. The zero-order chi connectivity index (χ0) is 33.7. The molecule has 7 rings (SSSR count). The molecule has 1 spiro atoms. The van der Waals surface area contributed by atoms with E-state index in [1.54, 1.807) is 19.1 Å². The first kappa shape index (κ1) is 33.4. The van der Waals surface area contributed by atoms with Gasteiger partial charge in [-0.1, -0.05) is 61.3 Å². The molecule has 0 saturated heterocycles. The standard InChI is InChI=1S/C39H47ClN2O5S/c1-26-8-6-19-39(44,22-28-9-4-3-5-10-28)34-15-12-31(34)23-42-24-38(18-7-11-29-20-32(40)14-16-33(29)38)25-47-36-17-13-30(21-35(36)42)37(43)41-48(45,46)27(26)2/h3-5,9-10,13-14,16-17,20-21,26-27,31,34,44H,6-8,11-12,15,18-19,22-25H2,1-2H3,(H,41,43)/t26-,27+,31-,34+,38-,39-/m0/s1. The molecule has 0 unspecified atom stereocenters. The molecule has 2 aliphatic carbocycles. The van der Waals surface area contributed by atoms with Gasteiger partial charge >= 0.3 is 0 Å². The van der Waals surface area contributed by atoms with Crippen molar-refractivity contribution < 1.29 is 23.1 Å². The Bertz CT molecular complexity index is 1780. The molecule has 7 nitrogen and oxygen atoms in total. The normalized spacial score (nSPS) is 31.8. The molecule has 2 aliphatic heterocycles. The summed E-state index contributed by atoms with van der Waals surface area (Å²) in [6, 6.07) is 21.7. The Morgan fingerprint density at radius 2 is 1.81 bits per heavy atom. The third-order valence-corrected chi connectivity index (χ3v) is 14.2. The van der Waals surface area contributed by atoms with Gasteiger partial charge in [-0.2, -0.15) is 0 Å². The van der Waals surface area contributed by atoms with Crippen molar-refractivity contribution in [1.29, 1.82) is 0 Å². The van der Waals surface area contributed by atoms with Gasteiger partial charge in [-0.05, 0) is 117 Å². The van der Waals surface area contributed by atoms with E-state index in [0.29, 0.717) is 51.1 Å². The van der Waals surface area contributed by atoms with E-state index in [1.165, 1.54) is 11.1 Å². The second kappa shape index (κ2) is 13.0. The van der Waals surface area contributed by atoms with Crippen LogP contribution in [0.2, 0.25) is 5.02 Å². The monoisotopic (exact) mass is 690 g/mol. The Balaban J connectivity index is 1.31. The Morgan fingerprint density at radius 1 is 1.00 bits per heavy atom. The van der Waals surface area contributed by atoms with Gasteiger partial charge in [0.2, 0.25) is 10.0 Å². The lowest BCUT2D eigenvalue weighted by Gasteiger charge is -2.50. The molecule has 6 atom stereocenters. The fraction of sp³-hybridized carbons (Fsp3) is 0.513. The predicted octanol–water partition coefficient (Wildman–Crippen LogP) is 7.08. The number of hydrogen-bond acceptors (Lipinski definition) is 6. The van der Waals surface area contributed by atoms with Crippen molar-refractivity contribution in [3.8, 4) is 5.75 Å². The second-order valence-electron chi connectivity index (χ2n) is 15.0. The number of aliphatic hydroxyl groups is 1. The van der Waals surface area contributed by atoms with E-state index in [1.807, 2.05) is 37.3 Å². The summed E-state index contributed by atoms with van der Waals surface area (Å²) in [4.78, 5) is 15.9. The SMILES string of the molecule is C[C@@H]1[C@@H](C)CCC[C@](O)(Cc2ccccc2)[C@@H]2CC[C@H]2CN2C[C@@]3(CCCc4cc(Cl)ccc43)COc3ccc(cc32)C(=O)NS1(=O)=O. The van der Waals surface area contributed by atoms with Crippen molar-refractivity contribution in [1.82, 2.24) is 4.72 Å². The molecule has 1 fully saturated rings. The number of anilines is 1. The van der Waals surface area contributed by atoms with Gasteiger partial charge in [0, 0.05) is 35.5 Å². The van der Waals surface area contributed by atoms with Crippen molar-refractivity contribution >= 4 is 33.2 Å². The average Bonchev–Trinajstić information content (AvgIpc) is 3.19. The number of carbonyl (C=O) groups is 1. The molecule has 48 heavy (non-hydrogen) atoms. The highest BCUT2D eigenvalue weighted by Gasteiger charge is 2.49. The Labute approximate surface area is 290 Å². The summed E-state index contributed by atoms with van der Waals surface area (Å²) in [7, 11) is -3.94. The molecular formula is C39H47ClN2O5S. The lowest BCUT2D eigenvalue weighted by molar-refractivity contribution is -0.0881. The van der Waals surface area contributed by atoms with Crippen LogP contribution < -0.4 is 14.4 Å². The highest BCUT2D eigenvalue weighted by molar-refractivity contribution is 7.90. The van der Waals surface area contributed by atoms with Gasteiger partial charge in [-0.25, -0.2) is 13.1 Å². The number of nitrogens with one attached hydrogen (secondary N) is 1. The summed E-state index contributed by atoms with van der Waals surface area (Å²) < 4.78 is 35.9. The van der Waals surface area contributed by atoms with Gasteiger partial charge < -0.3 is 14.7 Å². The minimum atomic E-state index is -3.94. The van der Waals surface area contributed by atoms with Gasteiger partial charge in [-0.3, -0.25) is 4.79 Å². The Hall–Kier alpha value is -3.07. The van der Waals surface area contributed by atoms with Crippen molar-refractivity contribution in [2.75, 3.05) is 24.6 Å². The summed E-state index contributed by atoms with van der Waals surface area (Å²) in [6.07, 6.45) is 7.40. The molecular weight excluding hydrogens is 644 g/mol. The van der Waals surface area contributed by atoms with Gasteiger partial charge in [0.1, 0.15) is 5.75 Å². The number of amides is 1. The largest absolute Gasteiger partial charge is 0.490 e. The molecule has 2 N–H and O–H groups in total. The molecule has 256 valence electrons. The van der Waals surface area contributed by atoms with Gasteiger partial charge in [0.05, 0.1) is 23.1 Å². The number of halogens is 1. The maximum absolute atomic E-state index is 13.5. The Morgan fingerprint density at radius 3 is 2.58 bits per heavy atom. The summed E-state index contributed by atoms with van der Waals surface area (Å²) in [6.45, 7) is 5.48. The van der Waals surface area contributed by atoms with E-state index in [0.717, 1.165) is 48.4 Å². The van der Waals surface area contributed by atoms with Crippen molar-refractivity contribution in [2.45, 2.75) is 87.9 Å². The van der Waals surface area contributed by atoms with Crippen molar-refractivity contribution in [3.63, 3.8) is 0 Å². The number of benzene rings is 3. The lowest BCUT2D eigenvalue weighted by Crippen LogP contribution is -2.54. The molecule has 3 aromatic carbocycles. The summed E-state index contributed by atoms with van der Waals surface area (Å²) in [5.74, 6) is 0.207. The van der Waals surface area contributed by atoms with E-state index < -0.39 is 26.8 Å². The van der Waals surface area contributed by atoms with Crippen LogP contribution in [0.25, 0.3) is 0 Å². The van der Waals surface area contributed by atoms with Crippen molar-refractivity contribution in [3.05, 3.63) is 94.0 Å². The number of rotatable bonds is 2. The topological polar surface area (TPSA) is 95.9 Å². The van der Waals surface area contributed by atoms with Crippen LogP contribution in [-0.4, -0.2) is 50.0 Å². The average molecular weight is 691 g/mol. The van der Waals surface area contributed by atoms with Gasteiger partial charge in [0.15, 0.2) is 0 Å². The highest BCUT2D eigenvalue weighted by atomic mass is 35.5. The maximum atomic E-state index is 13.5. The molecule has 4 aliphatic rings. The highest BCUT2D eigenvalue weighted by Crippen LogP contribution is 2.49. The van der Waals surface area contributed by atoms with Crippen LogP contribution in [0.15, 0.2) is 66.7 Å². The number of nitrogens with zero attached hydrogens (tertiary/aromatic N) is 1. The molecule has 0 radical (unpaired) electrons. The lowest BCUT2D eigenvalue weighted by atomic mass is 9.61. The third kappa shape index (κ3) is 6.36. The van der Waals surface area contributed by atoms with Crippen LogP contribution in [0.5, 0.6) is 5.75 Å². The molecule has 2 bridgehead atoms. The molecule has 1 amide bonds. The zero-order valence-electron chi connectivity index (χ0n) is 28.0. The molecule has 3 aromatic rings. The number of aryl methyl sites for hydroxylation is 1. The van der Waals surface area contributed by atoms with E-state index in [4.69, 9.17) is 16.3 Å². The minimum absolute atomic E-state index is 0.0922. The van der Waals surface area contributed by atoms with E-state index in [-0.39, 0.29) is 28.7 Å². The molecule has 1 saturated carbocycles. The summed E-state index contributed by atoms with van der Waals surface area (Å²) in [5, 5.41) is 12.6. The minimum Gasteiger partial charge on any atom is -0.490 e. The number of sulfonamides is 1. The first-order valence-corrected chi connectivity index (χ1v) is 19.5. The first-order chi connectivity index (χ1) is 23.0. The van der Waals surface area contributed by atoms with Crippen LogP contribution in [0.3, 0.4) is 0 Å². The van der Waals surface area contributed by atoms with E-state index >= 15 is 0 Å². The quantitative estimate of drug-likeness (QED) is 0.299. The van der Waals surface area contributed by atoms with E-state index in [2.05, 4.69) is 33.9 Å². The molecule has 0 aromatic heterocycles. The summed E-state index contributed by atoms with van der Waals surface area (Å²) >= 11 is 6.45. The van der Waals surface area contributed by atoms with Crippen LogP contribution in [0.4, 0.5) is 5.69 Å². The van der Waals surface area contributed by atoms with Gasteiger partial charge in [-0.15, -0.1) is 0 Å². The van der Waals surface area contributed by atoms with Crippen molar-refractivity contribution in [2.24, 2.45) is 17.8 Å².